The Morgan fingerprint density at radius 3 is 2.21 bits per heavy atom. The normalized spacial score (nSPS) is 16.4. The molecule has 1 N–H and O–H groups in total. The maximum atomic E-state index is 12.1. The molecule has 1 unspecified atom stereocenters. The molecule has 1 aromatic heterocycles. The molecule has 1 atom stereocenters. The van der Waals surface area contributed by atoms with Crippen LogP contribution >= 0.6 is 0 Å². The van der Waals surface area contributed by atoms with Gasteiger partial charge < -0.3 is 5.11 Å². The Labute approximate surface area is 79.4 Å². The lowest BCUT2D eigenvalue weighted by Gasteiger charge is -2.24. The third kappa shape index (κ3) is 2.99. The van der Waals surface area contributed by atoms with E-state index in [1.807, 2.05) is 0 Å². The smallest absolute Gasteiger partial charge is 0.385 e. The van der Waals surface area contributed by atoms with Crippen molar-refractivity contribution in [2.75, 3.05) is 0 Å². The molecule has 0 fully saturated rings. The first-order valence-corrected chi connectivity index (χ1v) is 4.01. The first-order chi connectivity index (χ1) is 6.31. The van der Waals surface area contributed by atoms with Crippen LogP contribution in [0.5, 0.6) is 0 Å². The van der Waals surface area contributed by atoms with E-state index in [-0.39, 0.29) is 5.56 Å². The number of nitrogens with zero attached hydrogens (tertiary/aromatic N) is 1. The van der Waals surface area contributed by atoms with Crippen LogP contribution in [0.1, 0.15) is 18.9 Å². The Morgan fingerprint density at radius 1 is 1.29 bits per heavy atom. The minimum Gasteiger partial charge on any atom is -0.385 e. The van der Waals surface area contributed by atoms with Crippen LogP contribution < -0.4 is 0 Å². The topological polar surface area (TPSA) is 33.1 Å². The van der Waals surface area contributed by atoms with Crippen molar-refractivity contribution >= 4 is 0 Å². The van der Waals surface area contributed by atoms with Crippen molar-refractivity contribution in [1.82, 2.24) is 4.98 Å². The quantitative estimate of drug-likeness (QED) is 0.803. The van der Waals surface area contributed by atoms with Crippen LogP contribution in [0.15, 0.2) is 24.5 Å². The summed E-state index contributed by atoms with van der Waals surface area (Å²) in [6.07, 6.45) is -2.95. The summed E-state index contributed by atoms with van der Waals surface area (Å²) >= 11 is 0. The highest BCUT2D eigenvalue weighted by Crippen LogP contribution is 2.33. The lowest BCUT2D eigenvalue weighted by Crippen LogP contribution is -2.28. The van der Waals surface area contributed by atoms with Crippen LogP contribution in [0.2, 0.25) is 0 Å². The summed E-state index contributed by atoms with van der Waals surface area (Å²) in [6.45, 7) is 1.13. The molecule has 1 aromatic rings. The van der Waals surface area contributed by atoms with Crippen molar-refractivity contribution < 1.29 is 18.3 Å². The third-order valence-corrected chi connectivity index (χ3v) is 1.85. The molecule has 0 aromatic carbocycles. The van der Waals surface area contributed by atoms with Gasteiger partial charge in [0.25, 0.3) is 0 Å². The van der Waals surface area contributed by atoms with Crippen molar-refractivity contribution in [1.29, 1.82) is 0 Å². The van der Waals surface area contributed by atoms with Gasteiger partial charge in [-0.2, -0.15) is 13.2 Å². The molecule has 0 saturated carbocycles. The van der Waals surface area contributed by atoms with Gasteiger partial charge in [-0.05, 0) is 24.6 Å². The van der Waals surface area contributed by atoms with Gasteiger partial charge in [0.2, 0.25) is 0 Å². The lowest BCUT2D eigenvalue weighted by atomic mass is 9.93. The van der Waals surface area contributed by atoms with Gasteiger partial charge in [0, 0.05) is 12.4 Å². The molecule has 0 aliphatic rings. The Kier molecular flexibility index (Phi) is 2.80. The van der Waals surface area contributed by atoms with Gasteiger partial charge in [0.05, 0.1) is 12.0 Å². The minimum absolute atomic E-state index is 0.213. The molecular weight excluding hydrogens is 195 g/mol. The summed E-state index contributed by atoms with van der Waals surface area (Å²) < 4.78 is 36.2. The second-order valence-electron chi connectivity index (χ2n) is 3.30. The SMILES string of the molecule is CC(O)(CC(F)(F)F)c1ccncc1. The van der Waals surface area contributed by atoms with E-state index in [1.54, 1.807) is 0 Å². The standard InChI is InChI=1S/C9H10F3NO/c1-8(14,6-9(10,11)12)7-2-4-13-5-3-7/h2-5,14H,6H2,1H3. The van der Waals surface area contributed by atoms with Crippen molar-refractivity contribution in [3.8, 4) is 0 Å². The summed E-state index contributed by atoms with van der Waals surface area (Å²) in [5.41, 5.74) is -1.67. The molecule has 0 saturated heterocycles. The Hall–Kier alpha value is -1.10. The number of aromatic nitrogens is 1. The number of hydrogen-bond acceptors (Lipinski definition) is 2. The highest BCUT2D eigenvalue weighted by atomic mass is 19.4. The molecule has 2 nitrogen and oxygen atoms in total. The van der Waals surface area contributed by atoms with E-state index < -0.39 is 18.2 Å². The Morgan fingerprint density at radius 2 is 1.79 bits per heavy atom. The summed E-state index contributed by atoms with van der Waals surface area (Å²) in [5.74, 6) is 0. The zero-order valence-electron chi connectivity index (χ0n) is 7.54. The largest absolute Gasteiger partial charge is 0.392 e. The minimum atomic E-state index is -4.38. The monoisotopic (exact) mass is 205 g/mol. The maximum Gasteiger partial charge on any atom is 0.392 e. The molecule has 14 heavy (non-hydrogen) atoms. The second-order valence-corrected chi connectivity index (χ2v) is 3.30. The molecule has 5 heteroatoms. The van der Waals surface area contributed by atoms with Crippen LogP contribution in [0, 0.1) is 0 Å². The van der Waals surface area contributed by atoms with Crippen molar-refractivity contribution in [2.45, 2.75) is 25.1 Å². The Bertz CT molecular complexity index is 295. The van der Waals surface area contributed by atoms with E-state index in [9.17, 15) is 18.3 Å². The second kappa shape index (κ2) is 3.57. The fourth-order valence-electron chi connectivity index (χ4n) is 1.20. The fourth-order valence-corrected chi connectivity index (χ4v) is 1.20. The lowest BCUT2D eigenvalue weighted by molar-refractivity contribution is -0.174. The van der Waals surface area contributed by atoms with E-state index in [0.29, 0.717) is 0 Å². The molecule has 0 spiro atoms. The molecule has 1 rings (SSSR count). The Balaban J connectivity index is 2.86. The summed E-state index contributed by atoms with van der Waals surface area (Å²) in [4.78, 5) is 3.66. The van der Waals surface area contributed by atoms with Crippen LogP contribution in [-0.4, -0.2) is 16.3 Å². The molecular formula is C9H10F3NO. The number of rotatable bonds is 2. The zero-order valence-corrected chi connectivity index (χ0v) is 7.54. The van der Waals surface area contributed by atoms with Crippen LogP contribution in [0.25, 0.3) is 0 Å². The number of aliphatic hydroxyl groups is 1. The molecule has 78 valence electrons. The van der Waals surface area contributed by atoms with Crippen molar-refractivity contribution in [3.63, 3.8) is 0 Å². The highest BCUT2D eigenvalue weighted by Gasteiger charge is 2.39. The van der Waals surface area contributed by atoms with E-state index in [1.165, 1.54) is 24.5 Å². The molecule has 1 heterocycles. The van der Waals surface area contributed by atoms with Gasteiger partial charge in [0.1, 0.15) is 0 Å². The number of alkyl halides is 3. The molecule has 0 radical (unpaired) electrons. The van der Waals surface area contributed by atoms with E-state index in [4.69, 9.17) is 0 Å². The molecule has 0 bridgehead atoms. The summed E-state index contributed by atoms with van der Waals surface area (Å²) in [5, 5.41) is 9.57. The van der Waals surface area contributed by atoms with E-state index in [2.05, 4.69) is 4.98 Å². The maximum absolute atomic E-state index is 12.1. The van der Waals surface area contributed by atoms with Gasteiger partial charge in [-0.15, -0.1) is 0 Å². The van der Waals surface area contributed by atoms with Crippen LogP contribution in [0.3, 0.4) is 0 Å². The van der Waals surface area contributed by atoms with E-state index >= 15 is 0 Å². The van der Waals surface area contributed by atoms with Gasteiger partial charge in [-0.25, -0.2) is 0 Å². The summed E-state index contributed by atoms with van der Waals surface area (Å²) in [7, 11) is 0. The molecule has 0 aliphatic heterocycles. The zero-order chi connectivity index (χ0) is 10.8. The van der Waals surface area contributed by atoms with E-state index in [0.717, 1.165) is 6.92 Å². The van der Waals surface area contributed by atoms with Gasteiger partial charge in [-0.3, -0.25) is 4.98 Å². The molecule has 0 aliphatic carbocycles. The van der Waals surface area contributed by atoms with Crippen LogP contribution in [-0.2, 0) is 5.60 Å². The van der Waals surface area contributed by atoms with Gasteiger partial charge >= 0.3 is 6.18 Å². The highest BCUT2D eigenvalue weighted by molar-refractivity contribution is 5.18. The third-order valence-electron chi connectivity index (χ3n) is 1.85. The number of pyridine rings is 1. The summed E-state index contributed by atoms with van der Waals surface area (Å²) in [6, 6.07) is 2.73. The molecule has 0 amide bonds. The fraction of sp³-hybridized carbons (Fsp3) is 0.444. The first kappa shape index (κ1) is 11.0. The average molecular weight is 205 g/mol. The van der Waals surface area contributed by atoms with Gasteiger partial charge in [0.15, 0.2) is 0 Å². The van der Waals surface area contributed by atoms with Crippen molar-refractivity contribution in [3.05, 3.63) is 30.1 Å². The number of hydrogen-bond donors (Lipinski definition) is 1. The average Bonchev–Trinajstić information content (AvgIpc) is 2.01. The predicted octanol–water partition coefficient (Wildman–Crippen LogP) is 2.24. The van der Waals surface area contributed by atoms with Crippen LogP contribution in [0.4, 0.5) is 13.2 Å². The number of halogens is 3. The predicted molar refractivity (Wildman–Crippen MR) is 44.5 cm³/mol. The first-order valence-electron chi connectivity index (χ1n) is 4.01. The van der Waals surface area contributed by atoms with Gasteiger partial charge in [-0.1, -0.05) is 0 Å². The van der Waals surface area contributed by atoms with Crippen molar-refractivity contribution in [2.24, 2.45) is 0 Å².